The molecule has 1 aromatic heterocycles. The number of imidazole rings is 1. The second-order valence-electron chi connectivity index (χ2n) is 10.4. The molecule has 1 aliphatic rings. The number of aromatic nitrogens is 2. The predicted molar refractivity (Wildman–Crippen MR) is 154 cm³/mol. The SMILES string of the molecule is C=C(N)c1ncn([C@@H]2O[C@H](COP(=O)(O)OCCCCCCCC/C=C\CCCCCCCC)[C@@H](O)[C@H]2O)c1O. The van der Waals surface area contributed by atoms with Crippen molar-refractivity contribution in [2.75, 3.05) is 13.2 Å². The maximum atomic E-state index is 12.2. The molecule has 0 bridgehead atoms. The molecular formula is C28H50N3O8P. The summed E-state index contributed by atoms with van der Waals surface area (Å²) in [4.78, 5) is 13.9. The lowest BCUT2D eigenvalue weighted by molar-refractivity contribution is -0.0555. The van der Waals surface area contributed by atoms with E-state index in [9.17, 15) is 24.8 Å². The maximum Gasteiger partial charge on any atom is 0.472 e. The van der Waals surface area contributed by atoms with Crippen molar-refractivity contribution in [1.29, 1.82) is 0 Å². The van der Waals surface area contributed by atoms with Crippen molar-refractivity contribution >= 4 is 13.5 Å². The third-order valence-electron chi connectivity index (χ3n) is 7.00. The van der Waals surface area contributed by atoms with E-state index in [1.165, 1.54) is 64.1 Å². The fourth-order valence-corrected chi connectivity index (χ4v) is 5.37. The van der Waals surface area contributed by atoms with Gasteiger partial charge in [-0.3, -0.25) is 13.6 Å². The summed E-state index contributed by atoms with van der Waals surface area (Å²) in [7, 11) is -4.37. The molecule has 2 heterocycles. The minimum atomic E-state index is -4.37. The zero-order valence-electron chi connectivity index (χ0n) is 23.9. The van der Waals surface area contributed by atoms with Gasteiger partial charge in [0.25, 0.3) is 0 Å². The van der Waals surface area contributed by atoms with Crippen molar-refractivity contribution < 1.29 is 38.6 Å². The van der Waals surface area contributed by atoms with Crippen molar-refractivity contribution in [2.45, 2.75) is 121 Å². The smallest absolute Gasteiger partial charge is 0.472 e. The van der Waals surface area contributed by atoms with Crippen molar-refractivity contribution in [3.05, 3.63) is 30.8 Å². The summed E-state index contributed by atoms with van der Waals surface area (Å²) in [5.41, 5.74) is 5.59. The van der Waals surface area contributed by atoms with E-state index < -0.39 is 44.8 Å². The van der Waals surface area contributed by atoms with E-state index in [0.717, 1.165) is 30.3 Å². The lowest BCUT2D eigenvalue weighted by atomic mass is 10.1. The van der Waals surface area contributed by atoms with Crippen LogP contribution < -0.4 is 5.73 Å². The number of phosphoric acid groups is 1. The van der Waals surface area contributed by atoms with E-state index in [2.05, 4.69) is 30.6 Å². The lowest BCUT2D eigenvalue weighted by Crippen LogP contribution is -2.33. The highest BCUT2D eigenvalue weighted by Gasteiger charge is 2.45. The molecule has 5 atom stereocenters. The van der Waals surface area contributed by atoms with Gasteiger partial charge in [-0.25, -0.2) is 9.55 Å². The third-order valence-corrected chi connectivity index (χ3v) is 7.98. The van der Waals surface area contributed by atoms with Crippen molar-refractivity contribution in [3.8, 4) is 5.88 Å². The number of aromatic hydroxyl groups is 1. The van der Waals surface area contributed by atoms with Crippen LogP contribution in [0, 0.1) is 0 Å². The zero-order chi connectivity index (χ0) is 29.4. The van der Waals surface area contributed by atoms with Crippen LogP contribution in [-0.2, 0) is 18.3 Å². The Morgan fingerprint density at radius 1 is 1.02 bits per heavy atom. The summed E-state index contributed by atoms with van der Waals surface area (Å²) in [5, 5.41) is 30.9. The van der Waals surface area contributed by atoms with Crippen LogP contribution in [0.2, 0.25) is 0 Å². The summed E-state index contributed by atoms with van der Waals surface area (Å²) in [5.74, 6) is -0.392. The first-order chi connectivity index (χ1) is 19.2. The Morgan fingerprint density at radius 3 is 2.17 bits per heavy atom. The Hall–Kier alpha value is -1.72. The number of allylic oxidation sites excluding steroid dienone is 2. The van der Waals surface area contributed by atoms with Gasteiger partial charge in [-0.2, -0.15) is 0 Å². The summed E-state index contributed by atoms with van der Waals surface area (Å²) in [6.07, 6.45) is 16.9. The highest BCUT2D eigenvalue weighted by Crippen LogP contribution is 2.45. The van der Waals surface area contributed by atoms with Crippen LogP contribution in [0.3, 0.4) is 0 Å². The number of phosphoric ester groups is 1. The van der Waals surface area contributed by atoms with Crippen molar-refractivity contribution in [2.24, 2.45) is 5.73 Å². The second kappa shape index (κ2) is 18.7. The molecule has 230 valence electrons. The molecule has 1 aliphatic heterocycles. The van der Waals surface area contributed by atoms with Gasteiger partial charge in [0.05, 0.1) is 18.9 Å². The average molecular weight is 588 g/mol. The maximum absolute atomic E-state index is 12.2. The summed E-state index contributed by atoms with van der Waals surface area (Å²) >= 11 is 0. The molecule has 2 rings (SSSR count). The van der Waals surface area contributed by atoms with Gasteiger partial charge in [0, 0.05) is 0 Å². The minimum Gasteiger partial charge on any atom is -0.493 e. The molecule has 0 saturated carbocycles. The van der Waals surface area contributed by atoms with Gasteiger partial charge in [-0.05, 0) is 32.1 Å². The topological polar surface area (TPSA) is 170 Å². The largest absolute Gasteiger partial charge is 0.493 e. The summed E-state index contributed by atoms with van der Waals surface area (Å²) in [6.45, 7) is 5.32. The molecule has 12 heteroatoms. The molecule has 1 fully saturated rings. The number of hydrogen-bond acceptors (Lipinski definition) is 9. The molecule has 40 heavy (non-hydrogen) atoms. The van der Waals surface area contributed by atoms with E-state index in [4.69, 9.17) is 19.5 Å². The first-order valence-electron chi connectivity index (χ1n) is 14.7. The molecule has 1 aromatic rings. The molecular weight excluding hydrogens is 537 g/mol. The van der Waals surface area contributed by atoms with Gasteiger partial charge < -0.3 is 30.7 Å². The van der Waals surface area contributed by atoms with Crippen LogP contribution in [0.25, 0.3) is 5.70 Å². The summed E-state index contributed by atoms with van der Waals surface area (Å²) in [6, 6.07) is 0. The fraction of sp³-hybridized carbons (Fsp3) is 0.750. The minimum absolute atomic E-state index is 0.0179. The summed E-state index contributed by atoms with van der Waals surface area (Å²) < 4.78 is 28.9. The number of aliphatic hydroxyl groups is 2. The van der Waals surface area contributed by atoms with Crippen molar-refractivity contribution in [3.63, 3.8) is 0 Å². The predicted octanol–water partition coefficient (Wildman–Crippen LogP) is 5.31. The van der Waals surface area contributed by atoms with Gasteiger partial charge in [-0.15, -0.1) is 0 Å². The van der Waals surface area contributed by atoms with Gasteiger partial charge in [0.15, 0.2) is 6.23 Å². The Kier molecular flexibility index (Phi) is 16.1. The zero-order valence-corrected chi connectivity index (χ0v) is 24.8. The lowest BCUT2D eigenvalue weighted by Gasteiger charge is -2.18. The number of aliphatic hydroxyl groups excluding tert-OH is 2. The van der Waals surface area contributed by atoms with E-state index in [1.807, 2.05) is 0 Å². The quantitative estimate of drug-likeness (QED) is 0.0681. The van der Waals surface area contributed by atoms with Crippen LogP contribution >= 0.6 is 7.82 Å². The van der Waals surface area contributed by atoms with Gasteiger partial charge in [-0.1, -0.05) is 83.4 Å². The molecule has 1 saturated heterocycles. The third kappa shape index (κ3) is 12.0. The molecule has 1 unspecified atom stereocenters. The first kappa shape index (κ1) is 34.5. The van der Waals surface area contributed by atoms with Gasteiger partial charge in [0.1, 0.15) is 30.3 Å². The van der Waals surface area contributed by atoms with Crippen molar-refractivity contribution in [1.82, 2.24) is 9.55 Å². The van der Waals surface area contributed by atoms with Crippen LogP contribution in [0.1, 0.15) is 109 Å². The van der Waals surface area contributed by atoms with Crippen LogP contribution in [0.5, 0.6) is 5.88 Å². The standard InChI is InChI=1S/C28H50N3O8P/c1-3-4-5-6-7-8-9-10-11-12-13-14-15-16-17-18-19-37-40(35,36)38-20-23-25(32)26(33)28(39-23)31-21-30-24(22(2)29)27(31)34/h10-11,21,23,25-26,28,32-34H,2-9,12-20,29H2,1H3,(H,35,36)/b11-10-/t23-,25-,26-,28-/m1/s1. The Morgan fingerprint density at radius 2 is 1.60 bits per heavy atom. The van der Waals surface area contributed by atoms with E-state index in [0.29, 0.717) is 6.42 Å². The molecule has 0 spiro atoms. The van der Waals surface area contributed by atoms with E-state index >= 15 is 0 Å². The normalized spacial score (nSPS) is 22.7. The molecule has 6 N–H and O–H groups in total. The molecule has 0 aliphatic carbocycles. The van der Waals surface area contributed by atoms with Crippen LogP contribution in [0.15, 0.2) is 25.1 Å². The highest BCUT2D eigenvalue weighted by atomic mass is 31.2. The van der Waals surface area contributed by atoms with Gasteiger partial charge in [0.2, 0.25) is 5.88 Å². The molecule has 0 radical (unpaired) electrons. The van der Waals surface area contributed by atoms with E-state index in [1.54, 1.807) is 0 Å². The highest BCUT2D eigenvalue weighted by molar-refractivity contribution is 7.47. The number of unbranched alkanes of at least 4 members (excludes halogenated alkanes) is 12. The average Bonchev–Trinajstić information content (AvgIpc) is 3.43. The molecule has 0 aromatic carbocycles. The number of ether oxygens (including phenoxy) is 1. The van der Waals surface area contributed by atoms with E-state index in [-0.39, 0.29) is 18.0 Å². The Balaban J connectivity index is 1.52. The fourth-order valence-electron chi connectivity index (χ4n) is 4.60. The number of nitrogens with two attached hydrogens (primary N) is 1. The number of nitrogens with zero attached hydrogens (tertiary/aromatic N) is 2. The second-order valence-corrected chi connectivity index (χ2v) is 11.9. The number of hydrogen-bond donors (Lipinski definition) is 5. The Bertz CT molecular complexity index is 941. The monoisotopic (exact) mass is 587 g/mol. The molecule has 0 amide bonds. The molecule has 11 nitrogen and oxygen atoms in total. The first-order valence-corrected chi connectivity index (χ1v) is 16.2. The van der Waals surface area contributed by atoms with Crippen LogP contribution in [-0.4, -0.2) is 61.3 Å². The van der Waals surface area contributed by atoms with Crippen LogP contribution in [0.4, 0.5) is 0 Å². The van der Waals surface area contributed by atoms with Gasteiger partial charge >= 0.3 is 7.82 Å². The number of rotatable bonds is 22. The Labute approximate surface area is 238 Å².